The van der Waals surface area contributed by atoms with Gasteiger partial charge in [0.05, 0.1) is 11.8 Å². The highest BCUT2D eigenvalue weighted by molar-refractivity contribution is 5.91. The van der Waals surface area contributed by atoms with Crippen LogP contribution in [-0.2, 0) is 16.0 Å². The van der Waals surface area contributed by atoms with Gasteiger partial charge in [0.15, 0.2) is 0 Å². The Labute approximate surface area is 122 Å². The summed E-state index contributed by atoms with van der Waals surface area (Å²) < 4.78 is 0. The fourth-order valence-corrected chi connectivity index (χ4v) is 2.71. The number of fused-ring (bicyclic) bond motifs is 1. The summed E-state index contributed by atoms with van der Waals surface area (Å²) in [5.74, 6) is -0.947. The first-order chi connectivity index (χ1) is 10.0. The summed E-state index contributed by atoms with van der Waals surface area (Å²) >= 11 is 0. The molecule has 1 fully saturated rings. The van der Waals surface area contributed by atoms with E-state index in [0.717, 1.165) is 22.0 Å². The monoisotopic (exact) mass is 286 g/mol. The molecule has 1 heterocycles. The Hall–Kier alpha value is -2.30. The number of H-pyrrole nitrogens is 1. The summed E-state index contributed by atoms with van der Waals surface area (Å²) in [6.45, 7) is 2.24. The number of rotatable bonds is 5. The van der Waals surface area contributed by atoms with Crippen molar-refractivity contribution in [3.8, 4) is 0 Å². The lowest BCUT2D eigenvalue weighted by Gasteiger charge is -2.11. The molecule has 3 rings (SSSR count). The van der Waals surface area contributed by atoms with Crippen LogP contribution in [0, 0.1) is 12.3 Å². The average Bonchev–Trinajstić information content (AvgIpc) is 3.14. The number of carbonyl (C=O) groups excluding carboxylic acids is 1. The van der Waals surface area contributed by atoms with Gasteiger partial charge in [0.2, 0.25) is 5.91 Å². The van der Waals surface area contributed by atoms with Crippen LogP contribution < -0.4 is 5.32 Å². The van der Waals surface area contributed by atoms with E-state index < -0.39 is 11.4 Å². The second-order valence-electron chi connectivity index (χ2n) is 5.85. The van der Waals surface area contributed by atoms with E-state index in [2.05, 4.69) is 10.3 Å². The molecule has 0 saturated heterocycles. The van der Waals surface area contributed by atoms with Crippen molar-refractivity contribution in [3.63, 3.8) is 0 Å². The lowest BCUT2D eigenvalue weighted by Crippen LogP contribution is -2.35. The number of hydrogen-bond acceptors (Lipinski definition) is 2. The Morgan fingerprint density at radius 1 is 1.38 bits per heavy atom. The molecule has 1 aromatic heterocycles. The number of carboxylic acids is 1. The van der Waals surface area contributed by atoms with Crippen molar-refractivity contribution in [1.82, 2.24) is 10.3 Å². The molecule has 0 atom stereocenters. The molecule has 3 N–H and O–H groups in total. The van der Waals surface area contributed by atoms with Gasteiger partial charge >= 0.3 is 5.97 Å². The second kappa shape index (κ2) is 4.91. The topological polar surface area (TPSA) is 82.2 Å². The highest BCUT2D eigenvalue weighted by atomic mass is 16.4. The highest BCUT2D eigenvalue weighted by Gasteiger charge is 2.50. The van der Waals surface area contributed by atoms with Crippen molar-refractivity contribution in [2.75, 3.05) is 6.54 Å². The smallest absolute Gasteiger partial charge is 0.311 e. The molecule has 0 spiro atoms. The van der Waals surface area contributed by atoms with Crippen molar-refractivity contribution in [2.24, 2.45) is 5.41 Å². The normalized spacial score (nSPS) is 15.9. The summed E-state index contributed by atoms with van der Waals surface area (Å²) in [4.78, 5) is 26.3. The maximum absolute atomic E-state index is 12.0. The zero-order valence-electron chi connectivity index (χ0n) is 11.9. The van der Waals surface area contributed by atoms with E-state index in [-0.39, 0.29) is 18.9 Å². The first kappa shape index (κ1) is 13.7. The number of amides is 1. The van der Waals surface area contributed by atoms with Crippen molar-refractivity contribution in [1.29, 1.82) is 0 Å². The number of aryl methyl sites for hydroxylation is 1. The third-order valence-electron chi connectivity index (χ3n) is 4.28. The molecular formula is C16H18N2O3. The summed E-state index contributed by atoms with van der Waals surface area (Å²) in [7, 11) is 0. The second-order valence-corrected chi connectivity index (χ2v) is 5.85. The zero-order chi connectivity index (χ0) is 15.0. The molecule has 5 nitrogen and oxygen atoms in total. The van der Waals surface area contributed by atoms with Crippen LogP contribution in [0.5, 0.6) is 0 Å². The van der Waals surface area contributed by atoms with E-state index in [4.69, 9.17) is 5.11 Å². The third-order valence-corrected chi connectivity index (χ3v) is 4.28. The summed E-state index contributed by atoms with van der Waals surface area (Å²) in [6.07, 6.45) is 3.41. The maximum atomic E-state index is 12.0. The number of benzene rings is 1. The molecule has 0 aliphatic heterocycles. The molecule has 0 bridgehead atoms. The van der Waals surface area contributed by atoms with Crippen LogP contribution in [0.1, 0.15) is 24.0 Å². The SMILES string of the molecule is Cc1cccc2[nH]cc(CC(=O)NCC3(C(=O)O)CC3)c12. The molecule has 1 aliphatic rings. The molecule has 0 radical (unpaired) electrons. The number of carboxylic acid groups (broad SMARTS) is 1. The highest BCUT2D eigenvalue weighted by Crippen LogP contribution is 2.45. The number of carbonyl (C=O) groups is 2. The zero-order valence-corrected chi connectivity index (χ0v) is 11.9. The molecular weight excluding hydrogens is 268 g/mol. The quantitative estimate of drug-likeness (QED) is 0.786. The van der Waals surface area contributed by atoms with Crippen molar-refractivity contribution >= 4 is 22.8 Å². The van der Waals surface area contributed by atoms with E-state index in [1.807, 2.05) is 31.3 Å². The Morgan fingerprint density at radius 3 is 2.81 bits per heavy atom. The standard InChI is InChI=1S/C16H18N2O3/c1-10-3-2-4-12-14(10)11(8-17-12)7-13(19)18-9-16(5-6-16)15(20)21/h2-4,8,17H,5-7,9H2,1H3,(H,18,19)(H,20,21). The molecule has 1 aromatic carbocycles. The molecule has 1 amide bonds. The lowest BCUT2D eigenvalue weighted by molar-refractivity contribution is -0.143. The van der Waals surface area contributed by atoms with Gasteiger partial charge in [-0.3, -0.25) is 9.59 Å². The van der Waals surface area contributed by atoms with Crippen molar-refractivity contribution in [2.45, 2.75) is 26.2 Å². The molecule has 1 saturated carbocycles. The lowest BCUT2D eigenvalue weighted by atomic mass is 10.0. The van der Waals surface area contributed by atoms with Gasteiger partial charge in [0, 0.05) is 23.6 Å². The number of aromatic amines is 1. The molecule has 0 unspecified atom stereocenters. The Morgan fingerprint density at radius 2 is 2.14 bits per heavy atom. The van der Waals surface area contributed by atoms with Gasteiger partial charge in [-0.2, -0.15) is 0 Å². The number of aliphatic carboxylic acids is 1. The van der Waals surface area contributed by atoms with Crippen LogP contribution in [0.3, 0.4) is 0 Å². The van der Waals surface area contributed by atoms with Gasteiger partial charge in [-0.05, 0) is 37.0 Å². The average molecular weight is 286 g/mol. The van der Waals surface area contributed by atoms with E-state index in [0.29, 0.717) is 12.8 Å². The van der Waals surface area contributed by atoms with Gasteiger partial charge in [0.25, 0.3) is 0 Å². The predicted octanol–water partition coefficient (Wildman–Crippen LogP) is 2.00. The summed E-state index contributed by atoms with van der Waals surface area (Å²) in [6, 6.07) is 5.97. The number of hydrogen-bond donors (Lipinski definition) is 3. The number of nitrogens with one attached hydrogen (secondary N) is 2. The first-order valence-electron chi connectivity index (χ1n) is 7.07. The Kier molecular flexibility index (Phi) is 3.20. The van der Waals surface area contributed by atoms with Crippen LogP contribution in [-0.4, -0.2) is 28.5 Å². The van der Waals surface area contributed by atoms with Gasteiger partial charge in [-0.15, -0.1) is 0 Å². The molecule has 5 heteroatoms. The van der Waals surface area contributed by atoms with Crippen molar-refractivity contribution < 1.29 is 14.7 Å². The van der Waals surface area contributed by atoms with E-state index >= 15 is 0 Å². The minimum atomic E-state index is -0.814. The molecule has 2 aromatic rings. The third kappa shape index (κ3) is 2.51. The van der Waals surface area contributed by atoms with E-state index in [1.165, 1.54) is 0 Å². The first-order valence-corrected chi connectivity index (χ1v) is 7.07. The van der Waals surface area contributed by atoms with Crippen LogP contribution in [0.2, 0.25) is 0 Å². The van der Waals surface area contributed by atoms with E-state index in [1.54, 1.807) is 0 Å². The maximum Gasteiger partial charge on any atom is 0.311 e. The fourth-order valence-electron chi connectivity index (χ4n) is 2.71. The van der Waals surface area contributed by atoms with E-state index in [9.17, 15) is 9.59 Å². The minimum Gasteiger partial charge on any atom is -0.481 e. The van der Waals surface area contributed by atoms with Crippen LogP contribution in [0.25, 0.3) is 10.9 Å². The van der Waals surface area contributed by atoms with Gasteiger partial charge in [-0.25, -0.2) is 0 Å². The van der Waals surface area contributed by atoms with Crippen LogP contribution >= 0.6 is 0 Å². The molecule has 21 heavy (non-hydrogen) atoms. The fraction of sp³-hybridized carbons (Fsp3) is 0.375. The molecule has 110 valence electrons. The minimum absolute atomic E-state index is 0.133. The number of aromatic nitrogens is 1. The van der Waals surface area contributed by atoms with Gasteiger partial charge < -0.3 is 15.4 Å². The van der Waals surface area contributed by atoms with Gasteiger partial charge in [0.1, 0.15) is 0 Å². The summed E-state index contributed by atoms with van der Waals surface area (Å²) in [5.41, 5.74) is 2.37. The molecule has 1 aliphatic carbocycles. The van der Waals surface area contributed by atoms with Gasteiger partial charge in [-0.1, -0.05) is 12.1 Å². The Bertz CT molecular complexity index is 713. The van der Waals surface area contributed by atoms with Crippen molar-refractivity contribution in [3.05, 3.63) is 35.5 Å². The predicted molar refractivity (Wildman–Crippen MR) is 79.1 cm³/mol. The Balaban J connectivity index is 1.68. The largest absolute Gasteiger partial charge is 0.481 e. The van der Waals surface area contributed by atoms with Crippen LogP contribution in [0.15, 0.2) is 24.4 Å². The summed E-state index contributed by atoms with van der Waals surface area (Å²) in [5, 5.41) is 12.9. The van der Waals surface area contributed by atoms with Crippen LogP contribution in [0.4, 0.5) is 0 Å².